The van der Waals surface area contributed by atoms with Crippen LogP contribution in [0.1, 0.15) is 38.5 Å². The number of benzene rings is 3. The van der Waals surface area contributed by atoms with E-state index in [9.17, 15) is 4.79 Å². The SMILES string of the molecule is O=C1OC(CCN2CCN(c3cccc4cc5ccccc5cc34)CC2)CC12CCCC2. The van der Waals surface area contributed by atoms with Crippen LogP contribution in [-0.4, -0.2) is 49.7 Å². The summed E-state index contributed by atoms with van der Waals surface area (Å²) in [5, 5.41) is 5.26. The van der Waals surface area contributed by atoms with Crippen molar-refractivity contribution in [3.63, 3.8) is 0 Å². The summed E-state index contributed by atoms with van der Waals surface area (Å²) < 4.78 is 5.79. The summed E-state index contributed by atoms with van der Waals surface area (Å²) in [7, 11) is 0. The van der Waals surface area contributed by atoms with Gasteiger partial charge in [-0.3, -0.25) is 9.69 Å². The van der Waals surface area contributed by atoms with Crippen LogP contribution in [0.5, 0.6) is 0 Å². The molecule has 1 unspecified atom stereocenters. The first-order valence-electron chi connectivity index (χ1n) is 12.3. The van der Waals surface area contributed by atoms with Crippen LogP contribution in [-0.2, 0) is 9.53 Å². The minimum atomic E-state index is -0.123. The van der Waals surface area contributed by atoms with Crippen molar-refractivity contribution >= 4 is 33.2 Å². The molecule has 4 heteroatoms. The fraction of sp³-hybridized carbons (Fsp3) is 0.464. The van der Waals surface area contributed by atoms with Gasteiger partial charge in [0.2, 0.25) is 0 Å². The van der Waals surface area contributed by atoms with E-state index in [1.165, 1.54) is 40.1 Å². The van der Waals surface area contributed by atoms with Crippen molar-refractivity contribution in [1.82, 2.24) is 4.90 Å². The fourth-order valence-corrected chi connectivity index (χ4v) is 6.22. The zero-order valence-electron chi connectivity index (χ0n) is 18.8. The topological polar surface area (TPSA) is 32.8 Å². The third-order valence-electron chi connectivity index (χ3n) is 8.09. The summed E-state index contributed by atoms with van der Waals surface area (Å²) in [5.41, 5.74) is 1.22. The second-order valence-electron chi connectivity index (χ2n) is 10.0. The van der Waals surface area contributed by atoms with Gasteiger partial charge in [-0.1, -0.05) is 49.2 Å². The van der Waals surface area contributed by atoms with Gasteiger partial charge in [0.1, 0.15) is 6.10 Å². The standard InChI is InChI=1S/C28H32N2O2/c31-27-28(11-3-4-12-28)20-24(32-27)10-13-29-14-16-30(17-15-29)26-9-5-8-23-18-21-6-1-2-7-22(21)19-25(23)26/h1-2,5-9,18-19,24H,3-4,10-17,20H2. The summed E-state index contributed by atoms with van der Waals surface area (Å²) >= 11 is 0. The zero-order valence-corrected chi connectivity index (χ0v) is 18.8. The largest absolute Gasteiger partial charge is 0.462 e. The molecule has 0 bridgehead atoms. The minimum Gasteiger partial charge on any atom is -0.462 e. The molecule has 2 saturated heterocycles. The molecule has 6 rings (SSSR count). The van der Waals surface area contributed by atoms with Gasteiger partial charge in [0.15, 0.2) is 0 Å². The van der Waals surface area contributed by atoms with E-state index in [0.717, 1.165) is 58.4 Å². The molecule has 3 aromatic carbocycles. The highest BCUT2D eigenvalue weighted by Crippen LogP contribution is 2.48. The van der Waals surface area contributed by atoms with E-state index in [4.69, 9.17) is 4.74 Å². The highest BCUT2D eigenvalue weighted by molar-refractivity contribution is 6.03. The predicted octanol–water partition coefficient (Wildman–Crippen LogP) is 5.38. The maximum Gasteiger partial charge on any atom is 0.312 e. The van der Waals surface area contributed by atoms with E-state index < -0.39 is 0 Å². The molecule has 0 aromatic heterocycles. The lowest BCUT2D eigenvalue weighted by Gasteiger charge is -2.37. The number of carbonyl (C=O) groups is 1. The first-order chi connectivity index (χ1) is 15.7. The maximum absolute atomic E-state index is 12.4. The van der Waals surface area contributed by atoms with E-state index >= 15 is 0 Å². The number of anilines is 1. The molecule has 1 spiro atoms. The lowest BCUT2D eigenvalue weighted by atomic mass is 9.83. The van der Waals surface area contributed by atoms with Crippen LogP contribution in [0, 0.1) is 5.41 Å². The van der Waals surface area contributed by atoms with Crippen molar-refractivity contribution < 1.29 is 9.53 Å². The van der Waals surface area contributed by atoms with Gasteiger partial charge in [0.25, 0.3) is 0 Å². The molecule has 1 atom stereocenters. The van der Waals surface area contributed by atoms with Crippen LogP contribution in [0.4, 0.5) is 5.69 Å². The number of nitrogens with zero attached hydrogens (tertiary/aromatic N) is 2. The molecule has 0 amide bonds. The molecular weight excluding hydrogens is 396 g/mol. The quantitative estimate of drug-likeness (QED) is 0.413. The molecule has 2 aliphatic heterocycles. The molecule has 1 aliphatic carbocycles. The summed E-state index contributed by atoms with van der Waals surface area (Å²) in [6.45, 7) is 5.24. The molecule has 4 nitrogen and oxygen atoms in total. The van der Waals surface area contributed by atoms with Crippen molar-refractivity contribution in [3.05, 3.63) is 54.6 Å². The first kappa shape index (κ1) is 20.0. The van der Waals surface area contributed by atoms with Crippen LogP contribution in [0.15, 0.2) is 54.6 Å². The Kier molecular flexibility index (Phi) is 5.06. The van der Waals surface area contributed by atoms with E-state index in [-0.39, 0.29) is 17.5 Å². The predicted molar refractivity (Wildman–Crippen MR) is 130 cm³/mol. The Morgan fingerprint density at radius 2 is 1.59 bits per heavy atom. The van der Waals surface area contributed by atoms with E-state index in [0.29, 0.717) is 0 Å². The highest BCUT2D eigenvalue weighted by atomic mass is 16.6. The normalized spacial score (nSPS) is 23.4. The Morgan fingerprint density at radius 3 is 2.38 bits per heavy atom. The van der Waals surface area contributed by atoms with Crippen molar-refractivity contribution in [3.8, 4) is 0 Å². The fourth-order valence-electron chi connectivity index (χ4n) is 6.22. The van der Waals surface area contributed by atoms with Gasteiger partial charge in [-0.2, -0.15) is 0 Å². The number of rotatable bonds is 4. The molecule has 0 N–H and O–H groups in total. The summed E-state index contributed by atoms with van der Waals surface area (Å²) in [5.74, 6) is 0.0910. The van der Waals surface area contributed by atoms with E-state index in [2.05, 4.69) is 64.4 Å². The first-order valence-corrected chi connectivity index (χ1v) is 12.3. The van der Waals surface area contributed by atoms with Gasteiger partial charge in [0, 0.05) is 50.2 Å². The number of esters is 1. The van der Waals surface area contributed by atoms with Crippen LogP contribution < -0.4 is 4.90 Å². The number of hydrogen-bond acceptors (Lipinski definition) is 4. The Hall–Kier alpha value is -2.59. The second kappa shape index (κ2) is 8.08. The number of fused-ring (bicyclic) bond motifs is 2. The highest BCUT2D eigenvalue weighted by Gasteiger charge is 2.50. The molecular formula is C28H32N2O2. The smallest absolute Gasteiger partial charge is 0.312 e. The summed E-state index contributed by atoms with van der Waals surface area (Å²) in [6.07, 6.45) is 6.53. The molecule has 0 radical (unpaired) electrons. The average Bonchev–Trinajstić information content (AvgIpc) is 3.43. The van der Waals surface area contributed by atoms with Gasteiger partial charge in [0.05, 0.1) is 5.41 Å². The number of ether oxygens (including phenoxy) is 1. The number of piperazine rings is 1. The van der Waals surface area contributed by atoms with Gasteiger partial charge in [-0.15, -0.1) is 0 Å². The van der Waals surface area contributed by atoms with Gasteiger partial charge >= 0.3 is 5.97 Å². The van der Waals surface area contributed by atoms with Crippen LogP contribution >= 0.6 is 0 Å². The van der Waals surface area contributed by atoms with Crippen molar-refractivity contribution in [2.45, 2.75) is 44.6 Å². The summed E-state index contributed by atoms with van der Waals surface area (Å²) in [4.78, 5) is 17.5. The Morgan fingerprint density at radius 1 is 0.875 bits per heavy atom. The molecule has 3 fully saturated rings. The van der Waals surface area contributed by atoms with E-state index in [1.807, 2.05) is 0 Å². The van der Waals surface area contributed by atoms with Crippen LogP contribution in [0.3, 0.4) is 0 Å². The second-order valence-corrected chi connectivity index (χ2v) is 10.0. The van der Waals surface area contributed by atoms with Gasteiger partial charge in [-0.25, -0.2) is 0 Å². The van der Waals surface area contributed by atoms with Crippen LogP contribution in [0.2, 0.25) is 0 Å². The molecule has 32 heavy (non-hydrogen) atoms. The van der Waals surface area contributed by atoms with Crippen molar-refractivity contribution in [2.24, 2.45) is 5.41 Å². The molecule has 3 aromatic rings. The van der Waals surface area contributed by atoms with E-state index in [1.54, 1.807) is 0 Å². The Labute approximate surface area is 190 Å². The zero-order chi connectivity index (χ0) is 21.5. The Balaban J connectivity index is 1.10. The third-order valence-corrected chi connectivity index (χ3v) is 8.09. The third kappa shape index (κ3) is 3.55. The average molecular weight is 429 g/mol. The molecule has 2 heterocycles. The molecule has 3 aliphatic rings. The van der Waals surface area contributed by atoms with Gasteiger partial charge < -0.3 is 9.64 Å². The minimum absolute atomic E-state index is 0.0910. The monoisotopic (exact) mass is 428 g/mol. The Bertz CT molecular complexity index is 1140. The number of carbonyl (C=O) groups excluding carboxylic acids is 1. The lowest BCUT2D eigenvalue weighted by Crippen LogP contribution is -2.47. The van der Waals surface area contributed by atoms with Crippen molar-refractivity contribution in [2.75, 3.05) is 37.6 Å². The number of hydrogen-bond donors (Lipinski definition) is 0. The van der Waals surface area contributed by atoms with Crippen molar-refractivity contribution in [1.29, 1.82) is 0 Å². The lowest BCUT2D eigenvalue weighted by molar-refractivity contribution is -0.148. The maximum atomic E-state index is 12.4. The number of cyclic esters (lactones) is 1. The van der Waals surface area contributed by atoms with Crippen LogP contribution in [0.25, 0.3) is 21.5 Å². The molecule has 166 valence electrons. The van der Waals surface area contributed by atoms with Gasteiger partial charge in [-0.05, 0) is 53.6 Å². The summed E-state index contributed by atoms with van der Waals surface area (Å²) in [6, 6.07) is 20.0. The molecule has 1 saturated carbocycles.